The summed E-state index contributed by atoms with van der Waals surface area (Å²) in [5.41, 5.74) is 5.70. The molecule has 0 spiro atoms. The highest BCUT2D eigenvalue weighted by atomic mass is 19.4. The van der Waals surface area contributed by atoms with Crippen LogP contribution in [0.25, 0.3) is 33.5 Å². The Labute approximate surface area is 412 Å². The Hall–Kier alpha value is -7.18. The Bertz CT molecular complexity index is 3040. The lowest BCUT2D eigenvalue weighted by atomic mass is 10.0. The van der Waals surface area contributed by atoms with Crippen LogP contribution in [0.1, 0.15) is 61.1 Å². The topological polar surface area (TPSA) is 109 Å². The third-order valence-corrected chi connectivity index (χ3v) is 12.8. The van der Waals surface area contributed by atoms with Crippen molar-refractivity contribution in [2.24, 2.45) is 11.8 Å². The summed E-state index contributed by atoms with van der Waals surface area (Å²) in [7, 11) is 0. The molecule has 12 nitrogen and oxygen atoms in total. The molecule has 2 aliphatic heterocycles. The normalized spacial score (nSPS) is 14.3. The number of anilines is 4. The number of pyridine rings is 2. The van der Waals surface area contributed by atoms with Crippen LogP contribution in [-0.4, -0.2) is 68.6 Å². The van der Waals surface area contributed by atoms with Crippen molar-refractivity contribution >= 4 is 34.6 Å². The first-order valence-corrected chi connectivity index (χ1v) is 24.2. The molecule has 0 amide bonds. The molecule has 72 heavy (non-hydrogen) atoms. The van der Waals surface area contributed by atoms with Crippen LogP contribution in [0.2, 0.25) is 0 Å². The van der Waals surface area contributed by atoms with Crippen molar-refractivity contribution in [2.75, 3.05) is 49.4 Å². The van der Waals surface area contributed by atoms with Gasteiger partial charge in [0.25, 0.3) is 11.9 Å². The van der Waals surface area contributed by atoms with Gasteiger partial charge in [-0.1, -0.05) is 39.8 Å². The predicted molar refractivity (Wildman–Crippen MR) is 265 cm³/mol. The second-order valence-electron chi connectivity index (χ2n) is 19.1. The molecule has 8 aromatic rings. The quantitative estimate of drug-likeness (QED) is 0.0856. The van der Waals surface area contributed by atoms with E-state index in [4.69, 9.17) is 29.6 Å². The summed E-state index contributed by atoms with van der Waals surface area (Å²) < 4.78 is 102. The summed E-state index contributed by atoms with van der Waals surface area (Å²) >= 11 is 0. The maximum absolute atomic E-state index is 14.4. The minimum atomic E-state index is -4.64. The number of aromatic nitrogens is 6. The summed E-state index contributed by atoms with van der Waals surface area (Å²) in [6, 6.07) is 25.9. The molecule has 18 heteroatoms. The van der Waals surface area contributed by atoms with Gasteiger partial charge < -0.3 is 20.1 Å². The average Bonchev–Trinajstić information content (AvgIpc) is 3.81. The van der Waals surface area contributed by atoms with Gasteiger partial charge in [0.2, 0.25) is 0 Å². The van der Waals surface area contributed by atoms with Crippen molar-refractivity contribution in [3.05, 3.63) is 143 Å². The highest BCUT2D eigenvalue weighted by Crippen LogP contribution is 2.43. The molecule has 0 saturated carbocycles. The molecule has 6 heterocycles. The highest BCUT2D eigenvalue weighted by molar-refractivity contribution is 5.85. The molecule has 0 unspecified atom stereocenters. The van der Waals surface area contributed by atoms with Crippen LogP contribution in [0.5, 0.6) is 11.5 Å². The molecule has 374 valence electrons. The van der Waals surface area contributed by atoms with Crippen LogP contribution in [0.4, 0.5) is 49.6 Å². The molecule has 0 radical (unpaired) electrons. The van der Waals surface area contributed by atoms with E-state index in [1.807, 2.05) is 39.8 Å². The standard InChI is InChI=1S/C54H54F6N10O2/c1-33(2)31-71-47-15-11-39(53(55,56)57)29-45(47)43-7-5-25-67-49(43)63-51(65-67)69(41-13-9-35-17-21-61-23-19-37(35)27-41)70(42-14-10-36-18-22-62-24-20-38(36)28-42)52-64-50-44(8-6-26-68(50)66-52)46-30-40(54(58,59)60)12-16-48(46)72-32-34(3)4/h5-16,25-30,33-34,61-62H,17-24,31-32H2,1-4H3. The molecule has 4 aromatic heterocycles. The Kier molecular flexibility index (Phi) is 13.3. The zero-order valence-corrected chi connectivity index (χ0v) is 40.3. The van der Waals surface area contributed by atoms with E-state index < -0.39 is 23.5 Å². The third kappa shape index (κ3) is 10.0. The van der Waals surface area contributed by atoms with Gasteiger partial charge in [0, 0.05) is 34.6 Å². The SMILES string of the molecule is CC(C)COc1ccc(C(F)(F)F)cc1-c1cccn2nc(N(c3ccc4c(c3)CCNCC4)N(c3ccc4c(c3)CCNCC4)c3nc4c(-c5cc(C(F)(F)F)ccc5OCC(C)C)cccn4n3)nc12. The first-order chi connectivity index (χ1) is 34.6. The van der Waals surface area contributed by atoms with Crippen LogP contribution in [0, 0.1) is 11.8 Å². The second-order valence-corrected chi connectivity index (χ2v) is 19.1. The number of hydrogen-bond donors (Lipinski definition) is 2. The first kappa shape index (κ1) is 48.4. The fourth-order valence-electron chi connectivity index (χ4n) is 9.21. The van der Waals surface area contributed by atoms with Crippen molar-refractivity contribution in [3.8, 4) is 33.8 Å². The third-order valence-electron chi connectivity index (χ3n) is 12.8. The summed E-state index contributed by atoms with van der Waals surface area (Å²) in [6.45, 7) is 11.5. The van der Waals surface area contributed by atoms with Crippen LogP contribution in [0.15, 0.2) is 109 Å². The number of hydrogen-bond acceptors (Lipinski definition) is 10. The zero-order chi connectivity index (χ0) is 50.3. The van der Waals surface area contributed by atoms with E-state index in [1.165, 1.54) is 32.3 Å². The van der Waals surface area contributed by atoms with E-state index in [1.54, 1.807) is 46.7 Å². The Morgan fingerprint density at radius 3 is 1.31 bits per heavy atom. The van der Waals surface area contributed by atoms with Crippen molar-refractivity contribution in [1.29, 1.82) is 0 Å². The fraction of sp³-hybridized carbons (Fsp3) is 0.333. The minimum Gasteiger partial charge on any atom is -0.493 e. The maximum Gasteiger partial charge on any atom is 0.416 e. The lowest BCUT2D eigenvalue weighted by Gasteiger charge is -2.34. The van der Waals surface area contributed by atoms with Crippen molar-refractivity contribution < 1.29 is 35.8 Å². The number of benzene rings is 4. The highest BCUT2D eigenvalue weighted by Gasteiger charge is 2.35. The lowest BCUT2D eigenvalue weighted by Crippen LogP contribution is -2.37. The lowest BCUT2D eigenvalue weighted by molar-refractivity contribution is -0.138. The van der Waals surface area contributed by atoms with Gasteiger partial charge in [-0.05, 0) is 171 Å². The van der Waals surface area contributed by atoms with Crippen molar-refractivity contribution in [2.45, 2.75) is 65.7 Å². The van der Waals surface area contributed by atoms with Crippen LogP contribution < -0.4 is 30.1 Å². The van der Waals surface area contributed by atoms with E-state index >= 15 is 0 Å². The van der Waals surface area contributed by atoms with E-state index in [0.717, 1.165) is 87.3 Å². The van der Waals surface area contributed by atoms with Gasteiger partial charge in [-0.25, -0.2) is 19.0 Å². The monoisotopic (exact) mass is 988 g/mol. The van der Waals surface area contributed by atoms with Gasteiger partial charge in [0.1, 0.15) is 11.5 Å². The van der Waals surface area contributed by atoms with Crippen LogP contribution >= 0.6 is 0 Å². The number of halogens is 6. The minimum absolute atomic E-state index is 0.0886. The summed E-state index contributed by atoms with van der Waals surface area (Å²) in [6.07, 6.45) is -2.83. The molecule has 0 fully saturated rings. The molecular weight excluding hydrogens is 935 g/mol. The van der Waals surface area contributed by atoms with Gasteiger partial charge in [0.15, 0.2) is 11.3 Å². The Balaban J connectivity index is 1.22. The predicted octanol–water partition coefficient (Wildman–Crippen LogP) is 11.5. The fourth-order valence-corrected chi connectivity index (χ4v) is 9.21. The molecular formula is C54H54F6N10O2. The number of rotatable bonds is 13. The molecule has 2 N–H and O–H groups in total. The number of hydrazine groups is 1. The molecule has 4 aromatic carbocycles. The van der Waals surface area contributed by atoms with E-state index in [-0.39, 0.29) is 70.9 Å². The smallest absolute Gasteiger partial charge is 0.416 e. The molecule has 10 rings (SSSR count). The Morgan fingerprint density at radius 1 is 0.514 bits per heavy atom. The average molecular weight is 989 g/mol. The number of fused-ring (bicyclic) bond motifs is 4. The van der Waals surface area contributed by atoms with Gasteiger partial charge in [-0.3, -0.25) is 0 Å². The molecule has 0 aliphatic carbocycles. The molecule has 0 saturated heterocycles. The Morgan fingerprint density at radius 2 is 0.917 bits per heavy atom. The summed E-state index contributed by atoms with van der Waals surface area (Å²) in [5, 5.41) is 20.7. The van der Waals surface area contributed by atoms with E-state index in [0.29, 0.717) is 22.5 Å². The number of nitrogens with one attached hydrogen (secondary N) is 2. The first-order valence-electron chi connectivity index (χ1n) is 24.2. The largest absolute Gasteiger partial charge is 0.493 e. The summed E-state index contributed by atoms with van der Waals surface area (Å²) in [5.74, 6) is 0.952. The number of alkyl halides is 6. The van der Waals surface area contributed by atoms with Crippen LogP contribution in [0.3, 0.4) is 0 Å². The summed E-state index contributed by atoms with van der Waals surface area (Å²) in [4.78, 5) is 10.4. The van der Waals surface area contributed by atoms with Gasteiger partial charge in [-0.2, -0.15) is 36.3 Å². The van der Waals surface area contributed by atoms with Crippen molar-refractivity contribution in [1.82, 2.24) is 39.8 Å². The van der Waals surface area contributed by atoms with Gasteiger partial charge in [0.05, 0.1) is 35.7 Å². The van der Waals surface area contributed by atoms with Gasteiger partial charge in [-0.15, -0.1) is 10.2 Å². The maximum atomic E-state index is 14.4. The van der Waals surface area contributed by atoms with Crippen LogP contribution in [-0.2, 0) is 38.0 Å². The van der Waals surface area contributed by atoms with Gasteiger partial charge >= 0.3 is 12.4 Å². The molecule has 0 bridgehead atoms. The van der Waals surface area contributed by atoms with E-state index in [9.17, 15) is 26.3 Å². The van der Waals surface area contributed by atoms with E-state index in [2.05, 4.69) is 34.9 Å². The number of nitrogens with zero attached hydrogens (tertiary/aromatic N) is 8. The second kappa shape index (κ2) is 19.8. The zero-order valence-electron chi connectivity index (χ0n) is 40.3. The molecule has 0 atom stereocenters. The van der Waals surface area contributed by atoms with Crippen molar-refractivity contribution in [3.63, 3.8) is 0 Å². The number of ether oxygens (including phenoxy) is 2. The molecule has 2 aliphatic rings.